The van der Waals surface area contributed by atoms with Gasteiger partial charge >= 0.3 is 5.97 Å². The number of piperazine rings is 1. The van der Waals surface area contributed by atoms with Crippen LogP contribution in [0.15, 0.2) is 70.4 Å². The van der Waals surface area contributed by atoms with Gasteiger partial charge in [-0.25, -0.2) is 14.8 Å². The van der Waals surface area contributed by atoms with E-state index in [1.807, 2.05) is 40.1 Å². The molecule has 0 aromatic heterocycles. The largest absolute Gasteiger partial charge is 0.402 e. The highest BCUT2D eigenvalue weighted by Crippen LogP contribution is 2.25. The number of benzene rings is 2. The number of halogens is 2. The minimum absolute atomic E-state index is 0.172. The maximum atomic E-state index is 12.2. The van der Waals surface area contributed by atoms with Gasteiger partial charge in [-0.3, -0.25) is 0 Å². The molecule has 1 fully saturated rings. The van der Waals surface area contributed by atoms with E-state index >= 15 is 0 Å². The van der Waals surface area contributed by atoms with Gasteiger partial charge in [-0.15, -0.1) is 0 Å². The molecule has 0 atom stereocenters. The van der Waals surface area contributed by atoms with E-state index in [2.05, 4.69) is 9.98 Å². The molecular weight excluding hydrogens is 425 g/mol. The van der Waals surface area contributed by atoms with E-state index < -0.39 is 5.97 Å². The first-order valence-corrected chi connectivity index (χ1v) is 10.1. The zero-order valence-electron chi connectivity index (χ0n) is 16.0. The van der Waals surface area contributed by atoms with Crippen LogP contribution in [0, 0.1) is 0 Å². The molecule has 0 unspecified atom stereocenters. The summed E-state index contributed by atoms with van der Waals surface area (Å²) in [6, 6.07) is 14.5. The van der Waals surface area contributed by atoms with Gasteiger partial charge in [0.05, 0.1) is 16.3 Å². The molecular formula is C21H19Cl2N5O2. The summed E-state index contributed by atoms with van der Waals surface area (Å²) in [5.74, 6) is 0.140. The summed E-state index contributed by atoms with van der Waals surface area (Å²) >= 11 is 12.1. The number of nitrogens with zero attached hydrogens (tertiary/aromatic N) is 4. The Hall–Kier alpha value is -3.03. The highest BCUT2D eigenvalue weighted by Gasteiger charge is 2.27. The van der Waals surface area contributed by atoms with Crippen LogP contribution in [0.25, 0.3) is 0 Å². The van der Waals surface area contributed by atoms with Gasteiger partial charge in [0.1, 0.15) is 0 Å². The number of nitrogens with two attached hydrogens (primary N) is 1. The molecule has 2 aromatic carbocycles. The summed E-state index contributed by atoms with van der Waals surface area (Å²) in [6.07, 6.45) is 1.71. The van der Waals surface area contributed by atoms with Crippen molar-refractivity contribution >= 4 is 46.7 Å². The lowest BCUT2D eigenvalue weighted by molar-refractivity contribution is -0.130. The summed E-state index contributed by atoms with van der Waals surface area (Å²) in [7, 11) is 0. The Morgan fingerprint density at radius 2 is 1.83 bits per heavy atom. The fourth-order valence-electron chi connectivity index (χ4n) is 3.14. The zero-order chi connectivity index (χ0) is 21.1. The molecule has 2 aliphatic heterocycles. The van der Waals surface area contributed by atoms with Gasteiger partial charge in [-0.05, 0) is 30.3 Å². The standard InChI is InChI=1S/C21H19Cl2N5O2/c22-14-6-7-16(17(23)12-14)19-26-18(20(29)30-19)13-27-8-10-28(11-9-27)21(24)25-15-4-2-1-3-5-15/h1-7,12-13H,8-11H2,(H2,24,25). The van der Waals surface area contributed by atoms with Crippen molar-refractivity contribution in [1.82, 2.24) is 9.80 Å². The maximum absolute atomic E-state index is 12.2. The molecule has 7 nitrogen and oxygen atoms in total. The van der Waals surface area contributed by atoms with Crippen molar-refractivity contribution in [3.8, 4) is 0 Å². The van der Waals surface area contributed by atoms with E-state index in [4.69, 9.17) is 33.7 Å². The number of rotatable bonds is 3. The zero-order valence-corrected chi connectivity index (χ0v) is 17.5. The molecule has 0 bridgehead atoms. The van der Waals surface area contributed by atoms with Gasteiger partial charge in [-0.2, -0.15) is 0 Å². The Balaban J connectivity index is 1.42. The van der Waals surface area contributed by atoms with E-state index in [1.165, 1.54) is 0 Å². The number of carbonyl (C=O) groups excluding carboxylic acids is 1. The number of carbonyl (C=O) groups is 1. The van der Waals surface area contributed by atoms with Crippen molar-refractivity contribution in [3.63, 3.8) is 0 Å². The van der Waals surface area contributed by atoms with Gasteiger partial charge in [0, 0.05) is 37.4 Å². The fraction of sp³-hybridized carbons (Fsp3) is 0.190. The molecule has 2 aromatic rings. The SMILES string of the molecule is NC(=Nc1ccccc1)N1CCN(C=C2N=C(c3ccc(Cl)cc3Cl)OC2=O)CC1. The molecule has 9 heteroatoms. The third-order valence-corrected chi connectivity index (χ3v) is 5.27. The fourth-order valence-corrected chi connectivity index (χ4v) is 3.63. The molecule has 2 heterocycles. The normalized spacial score (nSPS) is 18.6. The monoisotopic (exact) mass is 443 g/mol. The second kappa shape index (κ2) is 8.77. The van der Waals surface area contributed by atoms with E-state index in [0.717, 1.165) is 5.69 Å². The van der Waals surface area contributed by atoms with Crippen LogP contribution in [-0.2, 0) is 9.53 Å². The first-order chi connectivity index (χ1) is 14.5. The molecule has 4 rings (SSSR count). The number of esters is 1. The highest BCUT2D eigenvalue weighted by atomic mass is 35.5. The quantitative estimate of drug-likeness (QED) is 0.340. The highest BCUT2D eigenvalue weighted by molar-refractivity contribution is 6.37. The van der Waals surface area contributed by atoms with Gasteiger partial charge < -0.3 is 20.3 Å². The predicted octanol–water partition coefficient (Wildman–Crippen LogP) is 3.40. The summed E-state index contributed by atoms with van der Waals surface area (Å²) < 4.78 is 5.29. The van der Waals surface area contributed by atoms with Crippen molar-refractivity contribution in [2.75, 3.05) is 26.2 Å². The van der Waals surface area contributed by atoms with E-state index in [1.54, 1.807) is 24.4 Å². The molecule has 0 amide bonds. The Morgan fingerprint density at radius 1 is 1.10 bits per heavy atom. The van der Waals surface area contributed by atoms with Crippen molar-refractivity contribution in [2.45, 2.75) is 0 Å². The molecule has 30 heavy (non-hydrogen) atoms. The topological polar surface area (TPSA) is 83.5 Å². The van der Waals surface area contributed by atoms with Crippen LogP contribution in [0.3, 0.4) is 0 Å². The number of guanidine groups is 1. The van der Waals surface area contributed by atoms with Crippen LogP contribution in [-0.4, -0.2) is 53.8 Å². The maximum Gasteiger partial charge on any atom is 0.365 e. The molecule has 2 N–H and O–H groups in total. The molecule has 2 aliphatic rings. The Labute approximate surface area is 184 Å². The molecule has 0 spiro atoms. The Morgan fingerprint density at radius 3 is 2.53 bits per heavy atom. The Bertz CT molecular complexity index is 1040. The van der Waals surface area contributed by atoms with E-state index in [-0.39, 0.29) is 11.6 Å². The number of ether oxygens (including phenoxy) is 1. The minimum atomic E-state index is -0.511. The van der Waals surface area contributed by atoms with E-state index in [0.29, 0.717) is 47.7 Å². The Kier molecular flexibility index (Phi) is 5.92. The van der Waals surface area contributed by atoms with Crippen molar-refractivity contribution in [2.24, 2.45) is 15.7 Å². The first-order valence-electron chi connectivity index (χ1n) is 9.36. The van der Waals surface area contributed by atoms with Crippen LogP contribution >= 0.6 is 23.2 Å². The number of hydrogen-bond donors (Lipinski definition) is 1. The second-order valence-electron chi connectivity index (χ2n) is 6.77. The van der Waals surface area contributed by atoms with Crippen LogP contribution in [0.4, 0.5) is 5.69 Å². The van der Waals surface area contributed by atoms with Gasteiger partial charge in [0.2, 0.25) is 5.90 Å². The number of para-hydroxylation sites is 1. The van der Waals surface area contributed by atoms with Crippen molar-refractivity contribution < 1.29 is 9.53 Å². The van der Waals surface area contributed by atoms with Gasteiger partial charge in [0.15, 0.2) is 11.7 Å². The van der Waals surface area contributed by atoms with Crippen molar-refractivity contribution in [1.29, 1.82) is 0 Å². The van der Waals surface area contributed by atoms with Crippen molar-refractivity contribution in [3.05, 3.63) is 76.0 Å². The van der Waals surface area contributed by atoms with Gasteiger partial charge in [-0.1, -0.05) is 41.4 Å². The smallest absolute Gasteiger partial charge is 0.365 e. The molecule has 0 aliphatic carbocycles. The first kappa shape index (κ1) is 20.3. The summed E-state index contributed by atoms with van der Waals surface area (Å²) in [5, 5.41) is 0.870. The number of hydrogen-bond acceptors (Lipinski definition) is 5. The second-order valence-corrected chi connectivity index (χ2v) is 7.62. The molecule has 154 valence electrons. The van der Waals surface area contributed by atoms with Crippen LogP contribution in [0.5, 0.6) is 0 Å². The summed E-state index contributed by atoms with van der Waals surface area (Å²) in [4.78, 5) is 25.0. The molecule has 0 saturated carbocycles. The minimum Gasteiger partial charge on any atom is -0.402 e. The lowest BCUT2D eigenvalue weighted by Crippen LogP contribution is -2.49. The number of aliphatic imine (C=N–C) groups is 2. The lowest BCUT2D eigenvalue weighted by atomic mass is 10.2. The summed E-state index contributed by atoms with van der Waals surface area (Å²) in [5.41, 5.74) is 7.71. The van der Waals surface area contributed by atoms with Crippen LogP contribution in [0.2, 0.25) is 10.0 Å². The average Bonchev–Trinajstić information content (AvgIpc) is 3.09. The molecule has 1 saturated heterocycles. The third-order valence-electron chi connectivity index (χ3n) is 4.73. The lowest BCUT2D eigenvalue weighted by Gasteiger charge is -2.34. The van der Waals surface area contributed by atoms with E-state index in [9.17, 15) is 4.79 Å². The summed E-state index contributed by atoms with van der Waals surface area (Å²) in [6.45, 7) is 2.71. The van der Waals surface area contributed by atoms with Crippen LogP contribution in [0.1, 0.15) is 5.56 Å². The van der Waals surface area contributed by atoms with Crippen LogP contribution < -0.4 is 5.73 Å². The number of cyclic esters (lactones) is 1. The van der Waals surface area contributed by atoms with Gasteiger partial charge in [0.25, 0.3) is 0 Å². The molecule has 0 radical (unpaired) electrons. The average molecular weight is 444 g/mol. The third kappa shape index (κ3) is 4.58. The predicted molar refractivity (Wildman–Crippen MR) is 118 cm³/mol.